The fraction of sp³-hybridized carbons (Fsp3) is 0.393. The first-order valence-corrected chi connectivity index (χ1v) is 13.0. The Balaban J connectivity index is 1.87. The highest BCUT2D eigenvalue weighted by Crippen LogP contribution is 2.34. The van der Waals surface area contributed by atoms with Gasteiger partial charge in [-0.1, -0.05) is 23.7 Å². The van der Waals surface area contributed by atoms with Gasteiger partial charge in [0, 0.05) is 42.8 Å². The van der Waals surface area contributed by atoms with E-state index >= 15 is 0 Å². The van der Waals surface area contributed by atoms with Gasteiger partial charge in [-0.15, -0.1) is 0 Å². The van der Waals surface area contributed by atoms with Gasteiger partial charge in [0.1, 0.15) is 5.84 Å². The second-order valence-electron chi connectivity index (χ2n) is 9.64. The molecular weight excluding hydrogens is 547 g/mol. The number of aliphatic hydroxyl groups is 1. The summed E-state index contributed by atoms with van der Waals surface area (Å²) in [6.45, 7) is 2.92. The monoisotopic (exact) mass is 579 g/mol. The number of nitrogens with two attached hydrogens (primary N) is 1. The molecule has 12 heteroatoms. The van der Waals surface area contributed by atoms with Crippen molar-refractivity contribution in [3.05, 3.63) is 75.4 Å². The van der Waals surface area contributed by atoms with E-state index in [-0.39, 0.29) is 30.6 Å². The molecule has 0 heterocycles. The first-order chi connectivity index (χ1) is 18.7. The smallest absolute Gasteiger partial charge is 0.390 e. The maximum Gasteiger partial charge on any atom is 0.390 e. The Morgan fingerprint density at radius 1 is 1.25 bits per heavy atom. The Hall–Kier alpha value is -3.41. The van der Waals surface area contributed by atoms with Gasteiger partial charge in [-0.2, -0.15) is 13.2 Å². The van der Waals surface area contributed by atoms with Crippen LogP contribution in [0.25, 0.3) is 0 Å². The van der Waals surface area contributed by atoms with E-state index in [1.54, 1.807) is 0 Å². The number of benzene rings is 2. The number of amides is 2. The zero-order valence-electron chi connectivity index (χ0n) is 22.5. The molecule has 0 radical (unpaired) electrons. The average Bonchev–Trinajstić information content (AvgIpc) is 2.90. The van der Waals surface area contributed by atoms with Crippen molar-refractivity contribution in [2.45, 2.75) is 51.5 Å². The molecule has 1 saturated carbocycles. The van der Waals surface area contributed by atoms with Gasteiger partial charge < -0.3 is 20.9 Å². The van der Waals surface area contributed by atoms with Crippen molar-refractivity contribution in [3.8, 4) is 0 Å². The molecule has 1 aliphatic carbocycles. The minimum absolute atomic E-state index is 0.0553. The number of halogens is 4. The van der Waals surface area contributed by atoms with E-state index in [4.69, 9.17) is 32.5 Å². The molecule has 0 spiro atoms. The summed E-state index contributed by atoms with van der Waals surface area (Å²) in [5.41, 5.74) is 10.6. The van der Waals surface area contributed by atoms with Gasteiger partial charge >= 0.3 is 12.2 Å². The van der Waals surface area contributed by atoms with Crippen LogP contribution in [0.4, 0.5) is 23.7 Å². The van der Waals surface area contributed by atoms with Crippen LogP contribution in [-0.2, 0) is 4.74 Å². The van der Waals surface area contributed by atoms with E-state index in [1.165, 1.54) is 31.4 Å². The van der Waals surface area contributed by atoms with Crippen LogP contribution >= 0.6 is 11.6 Å². The molecule has 5 N–H and O–H groups in total. The van der Waals surface area contributed by atoms with Crippen LogP contribution in [0.2, 0.25) is 5.02 Å². The zero-order valence-corrected chi connectivity index (χ0v) is 23.3. The molecule has 1 fully saturated rings. The number of nitrogens with one attached hydrogen (secondary N) is 2. The number of allylic oxidation sites excluding steroid dienone is 1. The van der Waals surface area contributed by atoms with Crippen molar-refractivity contribution in [1.82, 2.24) is 10.2 Å². The highest BCUT2D eigenvalue weighted by atomic mass is 35.5. The van der Waals surface area contributed by atoms with Crippen molar-refractivity contribution >= 4 is 34.9 Å². The van der Waals surface area contributed by atoms with Crippen LogP contribution in [-0.4, -0.2) is 59.7 Å². The molecular formula is C28H33ClF3N5O3. The lowest BCUT2D eigenvalue weighted by molar-refractivity contribution is -0.185. The van der Waals surface area contributed by atoms with Crippen molar-refractivity contribution < 1.29 is 27.8 Å². The number of ether oxygens (including phenoxy) is 1. The van der Waals surface area contributed by atoms with Gasteiger partial charge in [0.25, 0.3) is 0 Å². The number of aliphatic imine (C=N–C) groups is 1. The van der Waals surface area contributed by atoms with Crippen LogP contribution in [0.5, 0.6) is 0 Å². The standard InChI is InChI=1S/C28H33ClF3N5O3/c1-17-5-4-6-23(18(17)2)36-24-15-27(39,40-3)12-11-21(24)22(33)16-35-26(38)37(14-13-28(30,31)32)25(34)19-7-9-20(29)10-8-19/h4-10,34,39H,11-16,33H2,1-3H3,(H,35,38)/b22-21-,34-25?,36-24?. The highest BCUT2D eigenvalue weighted by Gasteiger charge is 2.36. The van der Waals surface area contributed by atoms with E-state index in [2.05, 4.69) is 5.32 Å². The Morgan fingerprint density at radius 2 is 1.93 bits per heavy atom. The van der Waals surface area contributed by atoms with Gasteiger partial charge in [-0.3, -0.25) is 15.3 Å². The molecule has 216 valence electrons. The predicted molar refractivity (Wildman–Crippen MR) is 149 cm³/mol. The molecule has 2 aromatic rings. The lowest BCUT2D eigenvalue weighted by Gasteiger charge is -2.33. The molecule has 2 amide bonds. The number of aryl methyl sites for hydroxylation is 1. The minimum Gasteiger partial charge on any atom is -0.400 e. The van der Waals surface area contributed by atoms with Gasteiger partial charge in [0.15, 0.2) is 5.79 Å². The maximum atomic E-state index is 13.0. The molecule has 0 bridgehead atoms. The molecule has 40 heavy (non-hydrogen) atoms. The van der Waals surface area contributed by atoms with Gasteiger partial charge in [-0.25, -0.2) is 4.79 Å². The summed E-state index contributed by atoms with van der Waals surface area (Å²) in [6.07, 6.45) is -5.24. The fourth-order valence-corrected chi connectivity index (χ4v) is 4.37. The van der Waals surface area contributed by atoms with E-state index in [0.29, 0.717) is 33.3 Å². The first-order valence-electron chi connectivity index (χ1n) is 12.6. The Morgan fingerprint density at radius 3 is 2.55 bits per heavy atom. The number of carbonyl (C=O) groups excluding carboxylic acids is 1. The van der Waals surface area contributed by atoms with Gasteiger partial charge in [0.2, 0.25) is 0 Å². The summed E-state index contributed by atoms with van der Waals surface area (Å²) in [5.74, 6) is -1.85. The van der Waals surface area contributed by atoms with E-state index in [1.807, 2.05) is 32.0 Å². The first kappa shape index (κ1) is 31.1. The second kappa shape index (κ2) is 12.8. The molecule has 1 unspecified atom stereocenters. The third-order valence-corrected chi connectivity index (χ3v) is 7.09. The van der Waals surface area contributed by atoms with Crippen LogP contribution < -0.4 is 11.1 Å². The zero-order chi connectivity index (χ0) is 29.7. The summed E-state index contributed by atoms with van der Waals surface area (Å²) in [5, 5.41) is 22.1. The summed E-state index contributed by atoms with van der Waals surface area (Å²) in [4.78, 5) is 18.5. The second-order valence-corrected chi connectivity index (χ2v) is 10.1. The Bertz CT molecular complexity index is 1310. The van der Waals surface area contributed by atoms with Gasteiger partial charge in [0.05, 0.1) is 24.4 Å². The largest absolute Gasteiger partial charge is 0.400 e. The predicted octanol–water partition coefficient (Wildman–Crippen LogP) is 5.75. The number of nitrogens with zero attached hydrogens (tertiary/aromatic N) is 2. The number of alkyl halides is 3. The number of amidine groups is 1. The highest BCUT2D eigenvalue weighted by molar-refractivity contribution is 6.30. The topological polar surface area (TPSA) is 124 Å². The van der Waals surface area contributed by atoms with Crippen molar-refractivity contribution in [2.24, 2.45) is 10.7 Å². The molecule has 1 aliphatic rings. The third kappa shape index (κ3) is 8.06. The van der Waals surface area contributed by atoms with Crippen molar-refractivity contribution in [3.63, 3.8) is 0 Å². The van der Waals surface area contributed by atoms with Crippen LogP contribution in [0.15, 0.2) is 58.7 Å². The molecule has 0 aliphatic heterocycles. The average molecular weight is 580 g/mol. The number of carbonyl (C=O) groups is 1. The number of rotatable bonds is 7. The molecule has 2 aromatic carbocycles. The van der Waals surface area contributed by atoms with E-state index in [9.17, 15) is 23.1 Å². The van der Waals surface area contributed by atoms with Crippen LogP contribution in [0, 0.1) is 19.3 Å². The molecule has 8 nitrogen and oxygen atoms in total. The lowest BCUT2D eigenvalue weighted by Crippen LogP contribution is -2.46. The van der Waals surface area contributed by atoms with Crippen LogP contribution in [0.1, 0.15) is 42.4 Å². The summed E-state index contributed by atoms with van der Waals surface area (Å²) >= 11 is 5.88. The molecule has 3 rings (SSSR count). The SMILES string of the molecule is COC1(O)CC/C(=C(/N)CNC(=O)N(CCC(F)(F)F)C(=N)c2ccc(Cl)cc2)C(=Nc2cccc(C)c2C)C1. The third-order valence-electron chi connectivity index (χ3n) is 6.84. The number of urea groups is 1. The van der Waals surface area contributed by atoms with Crippen molar-refractivity contribution in [1.29, 1.82) is 5.41 Å². The normalized spacial score (nSPS) is 19.9. The minimum atomic E-state index is -4.53. The number of hydrogen-bond donors (Lipinski definition) is 4. The molecule has 1 atom stereocenters. The van der Waals surface area contributed by atoms with Gasteiger partial charge in [-0.05, 0) is 67.3 Å². The van der Waals surface area contributed by atoms with Crippen molar-refractivity contribution in [2.75, 3.05) is 20.2 Å². The quantitative estimate of drug-likeness (QED) is 0.189. The Kier molecular flexibility index (Phi) is 9.99. The fourth-order valence-electron chi connectivity index (χ4n) is 4.24. The summed E-state index contributed by atoms with van der Waals surface area (Å²) in [6, 6.07) is 10.6. The lowest BCUT2D eigenvalue weighted by atomic mass is 9.86. The van der Waals surface area contributed by atoms with E-state index < -0.39 is 36.8 Å². The number of methoxy groups -OCH3 is 1. The number of hydrogen-bond acceptors (Lipinski definition) is 6. The molecule has 0 saturated heterocycles. The van der Waals surface area contributed by atoms with E-state index in [0.717, 1.165) is 11.1 Å². The van der Waals surface area contributed by atoms with Crippen LogP contribution in [0.3, 0.4) is 0 Å². The molecule has 0 aromatic heterocycles. The Labute approximate surface area is 236 Å². The summed E-state index contributed by atoms with van der Waals surface area (Å²) in [7, 11) is 1.40. The maximum absolute atomic E-state index is 13.0. The summed E-state index contributed by atoms with van der Waals surface area (Å²) < 4.78 is 44.3.